The summed E-state index contributed by atoms with van der Waals surface area (Å²) in [7, 11) is 0. The van der Waals surface area contributed by atoms with Crippen LogP contribution in [0.25, 0.3) is 0 Å². The molecule has 1 aliphatic heterocycles. The minimum absolute atomic E-state index is 0.00912. The zero-order valence-corrected chi connectivity index (χ0v) is 14.7. The lowest BCUT2D eigenvalue weighted by Crippen LogP contribution is -2.48. The Labute approximate surface area is 149 Å². The number of hydrogen-bond acceptors (Lipinski definition) is 4. The van der Waals surface area contributed by atoms with Gasteiger partial charge in [0.25, 0.3) is 0 Å². The van der Waals surface area contributed by atoms with Crippen LogP contribution >= 0.6 is 22.9 Å². The Morgan fingerprint density at radius 3 is 2.62 bits per heavy atom. The van der Waals surface area contributed by atoms with E-state index in [4.69, 9.17) is 11.6 Å². The molecule has 0 aliphatic carbocycles. The number of piperazine rings is 1. The van der Waals surface area contributed by atoms with E-state index in [1.54, 1.807) is 11.3 Å². The van der Waals surface area contributed by atoms with Crippen LogP contribution in [0.15, 0.2) is 35.0 Å². The van der Waals surface area contributed by atoms with E-state index in [1.807, 2.05) is 0 Å². The predicted octanol–water partition coefficient (Wildman–Crippen LogP) is 3.30. The Morgan fingerprint density at radius 2 is 1.96 bits per heavy atom. The molecule has 0 bridgehead atoms. The third kappa shape index (κ3) is 4.77. The number of anilines is 1. The quantitative estimate of drug-likeness (QED) is 0.880. The highest BCUT2D eigenvalue weighted by Crippen LogP contribution is 2.19. The number of carbonyl (C=O) groups excluding carboxylic acids is 1. The van der Waals surface area contributed by atoms with Crippen molar-refractivity contribution >= 4 is 34.5 Å². The lowest BCUT2D eigenvalue weighted by Gasteiger charge is -2.34. The minimum Gasteiger partial charge on any atom is -0.325 e. The molecule has 1 amide bonds. The molecule has 24 heavy (non-hydrogen) atoms. The van der Waals surface area contributed by atoms with Crippen molar-refractivity contribution in [3.05, 3.63) is 51.4 Å². The van der Waals surface area contributed by atoms with Gasteiger partial charge in [0.2, 0.25) is 5.91 Å². The topological polar surface area (TPSA) is 35.6 Å². The second-order valence-corrected chi connectivity index (χ2v) is 7.05. The van der Waals surface area contributed by atoms with Crippen LogP contribution in [-0.4, -0.2) is 48.4 Å². The van der Waals surface area contributed by atoms with Gasteiger partial charge in [-0.25, -0.2) is 4.39 Å². The van der Waals surface area contributed by atoms with Crippen molar-refractivity contribution in [3.63, 3.8) is 0 Å². The third-order valence-corrected chi connectivity index (χ3v) is 5.04. The van der Waals surface area contributed by atoms with Crippen LogP contribution in [0.1, 0.15) is 5.56 Å². The van der Waals surface area contributed by atoms with Gasteiger partial charge in [-0.15, -0.1) is 0 Å². The van der Waals surface area contributed by atoms with Crippen LogP contribution in [0.2, 0.25) is 5.02 Å². The normalized spacial score (nSPS) is 16.2. The lowest BCUT2D eigenvalue weighted by molar-refractivity contribution is -0.117. The SMILES string of the molecule is O=C(CN1CCN(Cc2ccsc2)CC1)Nc1ccc(F)c(Cl)c1. The average molecular weight is 368 g/mol. The monoisotopic (exact) mass is 367 g/mol. The molecule has 1 aliphatic rings. The largest absolute Gasteiger partial charge is 0.325 e. The van der Waals surface area contributed by atoms with Crippen molar-refractivity contribution in [2.24, 2.45) is 0 Å². The Morgan fingerprint density at radius 1 is 1.21 bits per heavy atom. The molecule has 1 saturated heterocycles. The number of nitrogens with zero attached hydrogens (tertiary/aromatic N) is 2. The maximum absolute atomic E-state index is 13.1. The summed E-state index contributed by atoms with van der Waals surface area (Å²) >= 11 is 7.44. The summed E-state index contributed by atoms with van der Waals surface area (Å²) in [6, 6.07) is 6.34. The van der Waals surface area contributed by atoms with Crippen LogP contribution in [-0.2, 0) is 11.3 Å². The van der Waals surface area contributed by atoms with E-state index in [0.717, 1.165) is 32.7 Å². The molecule has 0 saturated carbocycles. The molecule has 1 aromatic heterocycles. The van der Waals surface area contributed by atoms with E-state index >= 15 is 0 Å². The standard InChI is InChI=1S/C17H19ClFN3OS/c18-15-9-14(1-2-16(15)19)20-17(23)11-22-6-4-21(5-7-22)10-13-3-8-24-12-13/h1-3,8-9,12H,4-7,10-11H2,(H,20,23). The molecule has 0 radical (unpaired) electrons. The van der Waals surface area contributed by atoms with Crippen molar-refractivity contribution in [2.75, 3.05) is 38.0 Å². The summed E-state index contributed by atoms with van der Waals surface area (Å²) in [6.45, 7) is 4.93. The van der Waals surface area contributed by atoms with Gasteiger partial charge in [0.15, 0.2) is 0 Å². The number of thiophene rings is 1. The fourth-order valence-electron chi connectivity index (χ4n) is 2.72. The fourth-order valence-corrected chi connectivity index (χ4v) is 3.56. The number of benzene rings is 1. The summed E-state index contributed by atoms with van der Waals surface area (Å²) in [6.07, 6.45) is 0. The molecule has 0 atom stereocenters. The van der Waals surface area contributed by atoms with Gasteiger partial charge in [0.05, 0.1) is 11.6 Å². The van der Waals surface area contributed by atoms with E-state index in [2.05, 4.69) is 31.9 Å². The van der Waals surface area contributed by atoms with Gasteiger partial charge in [-0.05, 0) is 40.6 Å². The van der Waals surface area contributed by atoms with Crippen molar-refractivity contribution < 1.29 is 9.18 Å². The number of carbonyl (C=O) groups is 1. The van der Waals surface area contributed by atoms with Crippen molar-refractivity contribution in [2.45, 2.75) is 6.54 Å². The maximum Gasteiger partial charge on any atom is 0.238 e. The molecule has 7 heteroatoms. The van der Waals surface area contributed by atoms with E-state index in [-0.39, 0.29) is 10.9 Å². The highest BCUT2D eigenvalue weighted by atomic mass is 35.5. The van der Waals surface area contributed by atoms with Gasteiger partial charge >= 0.3 is 0 Å². The zero-order valence-electron chi connectivity index (χ0n) is 13.2. The summed E-state index contributed by atoms with van der Waals surface area (Å²) in [5.74, 6) is -0.597. The molecular formula is C17H19ClFN3OS. The number of halogens is 2. The van der Waals surface area contributed by atoms with Gasteiger partial charge in [-0.1, -0.05) is 11.6 Å². The Kier molecular flexibility index (Phi) is 5.84. The molecule has 0 spiro atoms. The predicted molar refractivity (Wildman–Crippen MR) is 96.1 cm³/mol. The molecule has 3 rings (SSSR count). The van der Waals surface area contributed by atoms with E-state index in [0.29, 0.717) is 12.2 Å². The van der Waals surface area contributed by atoms with Crippen molar-refractivity contribution in [1.82, 2.24) is 9.80 Å². The van der Waals surface area contributed by atoms with Gasteiger partial charge in [0, 0.05) is 38.4 Å². The van der Waals surface area contributed by atoms with Gasteiger partial charge < -0.3 is 5.32 Å². The van der Waals surface area contributed by atoms with Crippen molar-refractivity contribution in [3.8, 4) is 0 Å². The van der Waals surface area contributed by atoms with E-state index in [9.17, 15) is 9.18 Å². The van der Waals surface area contributed by atoms with Gasteiger partial charge in [0.1, 0.15) is 5.82 Å². The summed E-state index contributed by atoms with van der Waals surface area (Å²) in [4.78, 5) is 16.6. The second kappa shape index (κ2) is 8.07. The number of amides is 1. The van der Waals surface area contributed by atoms with E-state index in [1.165, 1.54) is 23.8 Å². The second-order valence-electron chi connectivity index (χ2n) is 5.86. The number of nitrogens with one attached hydrogen (secondary N) is 1. The average Bonchev–Trinajstić information content (AvgIpc) is 3.06. The van der Waals surface area contributed by atoms with E-state index < -0.39 is 5.82 Å². The first-order valence-corrected chi connectivity index (χ1v) is 9.13. The minimum atomic E-state index is -0.489. The lowest BCUT2D eigenvalue weighted by atomic mass is 10.2. The van der Waals surface area contributed by atoms with Crippen LogP contribution in [0.5, 0.6) is 0 Å². The molecule has 2 heterocycles. The summed E-state index contributed by atoms with van der Waals surface area (Å²) in [5, 5.41) is 7.04. The molecule has 2 aromatic rings. The van der Waals surface area contributed by atoms with Crippen LogP contribution in [0.4, 0.5) is 10.1 Å². The molecule has 1 fully saturated rings. The molecular weight excluding hydrogens is 349 g/mol. The fraction of sp³-hybridized carbons (Fsp3) is 0.353. The van der Waals surface area contributed by atoms with Crippen LogP contribution in [0.3, 0.4) is 0 Å². The Balaban J connectivity index is 1.43. The number of hydrogen-bond donors (Lipinski definition) is 1. The van der Waals surface area contributed by atoms with Gasteiger partial charge in [-0.3, -0.25) is 14.6 Å². The molecule has 0 unspecified atom stereocenters. The Bertz CT molecular complexity index is 687. The first-order chi connectivity index (χ1) is 11.6. The molecule has 1 N–H and O–H groups in total. The zero-order chi connectivity index (χ0) is 16.9. The van der Waals surface area contributed by atoms with Crippen LogP contribution < -0.4 is 5.32 Å². The summed E-state index contributed by atoms with van der Waals surface area (Å²) in [5.41, 5.74) is 1.86. The third-order valence-electron chi connectivity index (χ3n) is 4.02. The highest BCUT2D eigenvalue weighted by Gasteiger charge is 2.19. The number of rotatable bonds is 5. The maximum atomic E-state index is 13.1. The molecule has 1 aromatic carbocycles. The molecule has 128 valence electrons. The van der Waals surface area contributed by atoms with Crippen molar-refractivity contribution in [1.29, 1.82) is 0 Å². The highest BCUT2D eigenvalue weighted by molar-refractivity contribution is 7.07. The van der Waals surface area contributed by atoms with Gasteiger partial charge in [-0.2, -0.15) is 11.3 Å². The first kappa shape index (κ1) is 17.4. The van der Waals surface area contributed by atoms with Crippen LogP contribution in [0, 0.1) is 5.82 Å². The Hall–Kier alpha value is -1.47. The smallest absolute Gasteiger partial charge is 0.238 e. The summed E-state index contributed by atoms with van der Waals surface area (Å²) < 4.78 is 13.1. The first-order valence-electron chi connectivity index (χ1n) is 7.81. The molecule has 4 nitrogen and oxygen atoms in total.